The van der Waals surface area contributed by atoms with Gasteiger partial charge < -0.3 is 20.3 Å². The van der Waals surface area contributed by atoms with E-state index in [1.54, 1.807) is 7.11 Å². The Morgan fingerprint density at radius 1 is 1.33 bits per heavy atom. The van der Waals surface area contributed by atoms with E-state index in [0.717, 1.165) is 24.2 Å². The van der Waals surface area contributed by atoms with Crippen molar-refractivity contribution >= 4 is 0 Å². The van der Waals surface area contributed by atoms with Crippen LogP contribution in [0.1, 0.15) is 24.5 Å². The van der Waals surface area contributed by atoms with Crippen LogP contribution in [0.5, 0.6) is 5.75 Å². The number of benzene rings is 1. The second-order valence-corrected chi connectivity index (χ2v) is 4.85. The van der Waals surface area contributed by atoms with Crippen molar-refractivity contribution in [3.63, 3.8) is 0 Å². The monoisotopic (exact) mass is 251 g/mol. The van der Waals surface area contributed by atoms with Gasteiger partial charge in [-0.3, -0.25) is 0 Å². The standard InChI is InChI=1S/C14H21NO3/c1-17-12-4-2-11(3-5-12)13(16)14(10-15)6-8-18-9-7-14/h2-5,13,16H,6-10,15H2,1H3/t13-/m0/s1. The Morgan fingerprint density at radius 2 is 1.94 bits per heavy atom. The first-order chi connectivity index (χ1) is 8.72. The summed E-state index contributed by atoms with van der Waals surface area (Å²) in [5.74, 6) is 0.791. The van der Waals surface area contributed by atoms with Crippen molar-refractivity contribution in [2.24, 2.45) is 11.1 Å². The van der Waals surface area contributed by atoms with Crippen LogP contribution in [0.15, 0.2) is 24.3 Å². The van der Waals surface area contributed by atoms with Crippen LogP contribution >= 0.6 is 0 Å². The van der Waals surface area contributed by atoms with Crippen molar-refractivity contribution in [3.8, 4) is 5.75 Å². The van der Waals surface area contributed by atoms with Gasteiger partial charge in [-0.05, 0) is 30.5 Å². The van der Waals surface area contributed by atoms with Gasteiger partial charge in [-0.15, -0.1) is 0 Å². The fourth-order valence-corrected chi connectivity index (χ4v) is 2.51. The van der Waals surface area contributed by atoms with Gasteiger partial charge in [-0.2, -0.15) is 0 Å². The lowest BCUT2D eigenvalue weighted by Crippen LogP contribution is -2.41. The van der Waals surface area contributed by atoms with Crippen LogP contribution in [-0.4, -0.2) is 32.0 Å². The average molecular weight is 251 g/mol. The SMILES string of the molecule is COc1ccc([C@H](O)C2(CN)CCOCC2)cc1. The Morgan fingerprint density at radius 3 is 2.44 bits per heavy atom. The fraction of sp³-hybridized carbons (Fsp3) is 0.571. The highest BCUT2D eigenvalue weighted by Crippen LogP contribution is 2.41. The highest BCUT2D eigenvalue weighted by molar-refractivity contribution is 5.29. The van der Waals surface area contributed by atoms with E-state index in [1.165, 1.54) is 0 Å². The summed E-state index contributed by atoms with van der Waals surface area (Å²) in [6.07, 6.45) is 1.06. The first-order valence-electron chi connectivity index (χ1n) is 6.32. The highest BCUT2D eigenvalue weighted by Gasteiger charge is 2.39. The molecule has 1 fully saturated rings. The van der Waals surface area contributed by atoms with Crippen molar-refractivity contribution in [3.05, 3.63) is 29.8 Å². The van der Waals surface area contributed by atoms with E-state index in [1.807, 2.05) is 24.3 Å². The van der Waals surface area contributed by atoms with Gasteiger partial charge in [0.25, 0.3) is 0 Å². The fourth-order valence-electron chi connectivity index (χ4n) is 2.51. The molecular weight excluding hydrogens is 230 g/mol. The van der Waals surface area contributed by atoms with Crippen LogP contribution in [0.3, 0.4) is 0 Å². The van der Waals surface area contributed by atoms with E-state index in [2.05, 4.69) is 0 Å². The van der Waals surface area contributed by atoms with E-state index < -0.39 is 6.10 Å². The van der Waals surface area contributed by atoms with Gasteiger partial charge in [0.2, 0.25) is 0 Å². The zero-order chi connectivity index (χ0) is 13.0. The summed E-state index contributed by atoms with van der Waals surface area (Å²) >= 11 is 0. The second kappa shape index (κ2) is 5.69. The zero-order valence-corrected chi connectivity index (χ0v) is 10.8. The maximum atomic E-state index is 10.6. The van der Waals surface area contributed by atoms with Gasteiger partial charge in [-0.25, -0.2) is 0 Å². The summed E-state index contributed by atoms with van der Waals surface area (Å²) < 4.78 is 10.5. The summed E-state index contributed by atoms with van der Waals surface area (Å²) in [6, 6.07) is 7.52. The average Bonchev–Trinajstić information content (AvgIpc) is 2.47. The smallest absolute Gasteiger partial charge is 0.118 e. The number of hydrogen-bond acceptors (Lipinski definition) is 4. The normalized spacial score (nSPS) is 20.4. The number of ether oxygens (including phenoxy) is 2. The largest absolute Gasteiger partial charge is 0.497 e. The molecule has 1 aromatic carbocycles. The van der Waals surface area contributed by atoms with Crippen LogP contribution < -0.4 is 10.5 Å². The number of nitrogens with two attached hydrogens (primary N) is 1. The Hall–Kier alpha value is -1.10. The molecule has 1 saturated heterocycles. The molecule has 1 aromatic rings. The van der Waals surface area contributed by atoms with Gasteiger partial charge in [0, 0.05) is 25.2 Å². The van der Waals surface area contributed by atoms with Crippen LogP contribution in [0.2, 0.25) is 0 Å². The van der Waals surface area contributed by atoms with E-state index in [0.29, 0.717) is 19.8 Å². The summed E-state index contributed by atoms with van der Waals surface area (Å²) in [7, 11) is 1.63. The Bertz CT molecular complexity index is 371. The van der Waals surface area contributed by atoms with Crippen molar-refractivity contribution in [2.75, 3.05) is 26.9 Å². The lowest BCUT2D eigenvalue weighted by Gasteiger charge is -2.40. The molecule has 3 N–H and O–H groups in total. The zero-order valence-electron chi connectivity index (χ0n) is 10.8. The summed E-state index contributed by atoms with van der Waals surface area (Å²) in [5.41, 5.74) is 6.53. The minimum atomic E-state index is -0.544. The third-order valence-electron chi connectivity index (χ3n) is 3.91. The van der Waals surface area contributed by atoms with E-state index in [-0.39, 0.29) is 5.41 Å². The molecule has 0 amide bonds. The molecule has 0 spiro atoms. The van der Waals surface area contributed by atoms with Crippen LogP contribution in [0.4, 0.5) is 0 Å². The van der Waals surface area contributed by atoms with Crippen molar-refractivity contribution in [2.45, 2.75) is 18.9 Å². The van der Waals surface area contributed by atoms with E-state index >= 15 is 0 Å². The molecule has 0 aliphatic carbocycles. The molecule has 4 nitrogen and oxygen atoms in total. The lowest BCUT2D eigenvalue weighted by atomic mass is 9.73. The molecule has 0 bridgehead atoms. The predicted octanol–water partition coefficient (Wildman–Crippen LogP) is 1.48. The van der Waals surface area contributed by atoms with E-state index in [4.69, 9.17) is 15.2 Å². The first-order valence-corrected chi connectivity index (χ1v) is 6.32. The molecule has 1 aliphatic rings. The maximum Gasteiger partial charge on any atom is 0.118 e. The van der Waals surface area contributed by atoms with Crippen molar-refractivity contribution in [1.82, 2.24) is 0 Å². The van der Waals surface area contributed by atoms with Gasteiger partial charge in [0.1, 0.15) is 5.75 Å². The molecule has 1 atom stereocenters. The molecule has 18 heavy (non-hydrogen) atoms. The minimum Gasteiger partial charge on any atom is -0.497 e. The number of aliphatic hydroxyl groups is 1. The second-order valence-electron chi connectivity index (χ2n) is 4.85. The molecule has 4 heteroatoms. The molecule has 1 aliphatic heterocycles. The Kier molecular flexibility index (Phi) is 4.22. The van der Waals surface area contributed by atoms with Crippen LogP contribution in [-0.2, 0) is 4.74 Å². The molecule has 1 heterocycles. The van der Waals surface area contributed by atoms with E-state index in [9.17, 15) is 5.11 Å². The highest BCUT2D eigenvalue weighted by atomic mass is 16.5. The predicted molar refractivity (Wildman–Crippen MR) is 69.5 cm³/mol. The molecule has 0 radical (unpaired) electrons. The molecule has 0 saturated carbocycles. The maximum absolute atomic E-state index is 10.6. The summed E-state index contributed by atoms with van der Waals surface area (Å²) in [5, 5.41) is 10.6. The topological polar surface area (TPSA) is 64.7 Å². The summed E-state index contributed by atoms with van der Waals surface area (Å²) in [6.45, 7) is 1.82. The Balaban J connectivity index is 2.19. The molecular formula is C14H21NO3. The van der Waals surface area contributed by atoms with Crippen molar-refractivity contribution < 1.29 is 14.6 Å². The molecule has 2 rings (SSSR count). The quantitative estimate of drug-likeness (QED) is 0.851. The molecule has 100 valence electrons. The number of methoxy groups -OCH3 is 1. The third kappa shape index (κ3) is 2.51. The number of hydrogen-bond donors (Lipinski definition) is 2. The van der Waals surface area contributed by atoms with Crippen LogP contribution in [0, 0.1) is 5.41 Å². The van der Waals surface area contributed by atoms with Gasteiger partial charge in [-0.1, -0.05) is 12.1 Å². The Labute approximate surface area is 108 Å². The minimum absolute atomic E-state index is 0.257. The van der Waals surface area contributed by atoms with Gasteiger partial charge >= 0.3 is 0 Å². The molecule has 0 aromatic heterocycles. The van der Waals surface area contributed by atoms with Crippen molar-refractivity contribution in [1.29, 1.82) is 0 Å². The lowest BCUT2D eigenvalue weighted by molar-refractivity contribution is -0.0581. The summed E-state index contributed by atoms with van der Waals surface area (Å²) in [4.78, 5) is 0. The number of aliphatic hydroxyl groups excluding tert-OH is 1. The third-order valence-corrected chi connectivity index (χ3v) is 3.91. The van der Waals surface area contributed by atoms with Gasteiger partial charge in [0.15, 0.2) is 0 Å². The van der Waals surface area contributed by atoms with Crippen LogP contribution in [0.25, 0.3) is 0 Å². The molecule has 0 unspecified atom stereocenters. The first kappa shape index (κ1) is 13.3. The van der Waals surface area contributed by atoms with Gasteiger partial charge in [0.05, 0.1) is 13.2 Å². The number of rotatable bonds is 4.